The summed E-state index contributed by atoms with van der Waals surface area (Å²) < 4.78 is 18.2. The second-order valence-electron chi connectivity index (χ2n) is 7.21. The largest absolute Gasteiger partial charge is 0.489 e. The van der Waals surface area contributed by atoms with Gasteiger partial charge in [0.05, 0.1) is 19.9 Å². The Balaban J connectivity index is 1.73. The molecular weight excluding hydrogens is 500 g/mol. The minimum absolute atomic E-state index is 0.00944. The summed E-state index contributed by atoms with van der Waals surface area (Å²) >= 11 is 3.51. The third kappa shape index (κ3) is 4.72. The van der Waals surface area contributed by atoms with E-state index >= 15 is 0 Å². The van der Waals surface area contributed by atoms with Gasteiger partial charge in [-0.2, -0.15) is 5.10 Å². The fraction of sp³-hybridized carbons (Fsp3) is 0.115. The molecule has 3 aromatic carbocycles. The topological polar surface area (TPSA) is 79.7 Å². The van der Waals surface area contributed by atoms with Crippen LogP contribution in [-0.4, -0.2) is 35.9 Å². The summed E-state index contributed by atoms with van der Waals surface area (Å²) in [5.74, 6) is -0.738. The Bertz CT molecular complexity index is 1320. The molecule has 0 spiro atoms. The first-order valence-corrected chi connectivity index (χ1v) is 11.1. The summed E-state index contributed by atoms with van der Waals surface area (Å²) in [5.41, 5.74) is 2.56. The SMILES string of the molecule is COC(=O)c1c(-c2ccc(OCc3ccccc3Br)cc2)nn(-c2ccccc2)c1C(=O)OC. The van der Waals surface area contributed by atoms with Gasteiger partial charge in [0.25, 0.3) is 0 Å². The van der Waals surface area contributed by atoms with Crippen LogP contribution in [0.3, 0.4) is 0 Å². The molecule has 0 saturated carbocycles. The monoisotopic (exact) mass is 520 g/mol. The molecular formula is C26H21BrN2O5. The van der Waals surface area contributed by atoms with E-state index < -0.39 is 11.9 Å². The van der Waals surface area contributed by atoms with Gasteiger partial charge in [-0.3, -0.25) is 0 Å². The van der Waals surface area contributed by atoms with Crippen molar-refractivity contribution < 1.29 is 23.8 Å². The number of benzene rings is 3. The van der Waals surface area contributed by atoms with Crippen molar-refractivity contribution in [1.29, 1.82) is 0 Å². The van der Waals surface area contributed by atoms with E-state index in [1.807, 2.05) is 42.5 Å². The molecule has 8 heteroatoms. The Morgan fingerprint density at radius 2 is 1.50 bits per heavy atom. The van der Waals surface area contributed by atoms with Gasteiger partial charge in [0.2, 0.25) is 0 Å². The highest BCUT2D eigenvalue weighted by atomic mass is 79.9. The highest BCUT2D eigenvalue weighted by Crippen LogP contribution is 2.30. The van der Waals surface area contributed by atoms with Crippen LogP contribution in [0.5, 0.6) is 5.75 Å². The average Bonchev–Trinajstić information content (AvgIpc) is 3.29. The first kappa shape index (κ1) is 23.3. The summed E-state index contributed by atoms with van der Waals surface area (Å²) in [5, 5.41) is 4.59. The molecule has 0 N–H and O–H groups in total. The molecule has 0 saturated heterocycles. The van der Waals surface area contributed by atoms with Gasteiger partial charge in [-0.25, -0.2) is 14.3 Å². The molecule has 7 nitrogen and oxygen atoms in total. The third-order valence-electron chi connectivity index (χ3n) is 5.13. The molecule has 172 valence electrons. The summed E-state index contributed by atoms with van der Waals surface area (Å²) in [6.07, 6.45) is 0. The van der Waals surface area contributed by atoms with Crippen molar-refractivity contribution in [1.82, 2.24) is 9.78 Å². The zero-order chi connectivity index (χ0) is 24.1. The molecule has 0 aliphatic rings. The number of carbonyl (C=O) groups excluding carboxylic acids is 2. The van der Waals surface area contributed by atoms with Gasteiger partial charge in [0.1, 0.15) is 23.6 Å². The van der Waals surface area contributed by atoms with Crippen LogP contribution in [0.1, 0.15) is 26.4 Å². The maximum Gasteiger partial charge on any atom is 0.357 e. The molecule has 1 heterocycles. The van der Waals surface area contributed by atoms with Gasteiger partial charge >= 0.3 is 11.9 Å². The fourth-order valence-corrected chi connectivity index (χ4v) is 3.84. The van der Waals surface area contributed by atoms with Crippen molar-refractivity contribution in [3.05, 3.63) is 100 Å². The van der Waals surface area contributed by atoms with E-state index in [4.69, 9.17) is 14.2 Å². The highest BCUT2D eigenvalue weighted by molar-refractivity contribution is 9.10. The smallest absolute Gasteiger partial charge is 0.357 e. The van der Waals surface area contributed by atoms with E-state index in [-0.39, 0.29) is 11.3 Å². The molecule has 0 atom stereocenters. The fourth-order valence-electron chi connectivity index (χ4n) is 3.44. The van der Waals surface area contributed by atoms with Gasteiger partial charge < -0.3 is 14.2 Å². The van der Waals surface area contributed by atoms with E-state index in [1.165, 1.54) is 18.9 Å². The normalized spacial score (nSPS) is 10.6. The number of halogens is 1. The van der Waals surface area contributed by atoms with Crippen LogP contribution < -0.4 is 4.74 Å². The number of esters is 2. The molecule has 0 radical (unpaired) electrons. The number of para-hydroxylation sites is 1. The molecule has 34 heavy (non-hydrogen) atoms. The van der Waals surface area contributed by atoms with E-state index in [9.17, 15) is 9.59 Å². The molecule has 1 aromatic heterocycles. The number of ether oxygens (including phenoxy) is 3. The maximum atomic E-state index is 12.7. The summed E-state index contributed by atoms with van der Waals surface area (Å²) in [7, 11) is 2.51. The average molecular weight is 521 g/mol. The second-order valence-corrected chi connectivity index (χ2v) is 8.06. The third-order valence-corrected chi connectivity index (χ3v) is 5.91. The lowest BCUT2D eigenvalue weighted by Gasteiger charge is -2.09. The summed E-state index contributed by atoms with van der Waals surface area (Å²) in [6.45, 7) is 0.392. The number of hydrogen-bond acceptors (Lipinski definition) is 6. The minimum Gasteiger partial charge on any atom is -0.489 e. The zero-order valence-electron chi connectivity index (χ0n) is 18.5. The van der Waals surface area contributed by atoms with Gasteiger partial charge in [-0.15, -0.1) is 0 Å². The van der Waals surface area contributed by atoms with Gasteiger partial charge in [-0.05, 0) is 42.5 Å². The van der Waals surface area contributed by atoms with Crippen LogP contribution in [0.2, 0.25) is 0 Å². The zero-order valence-corrected chi connectivity index (χ0v) is 20.1. The molecule has 0 bridgehead atoms. The van der Waals surface area contributed by atoms with Crippen LogP contribution in [0.15, 0.2) is 83.3 Å². The van der Waals surface area contributed by atoms with Gasteiger partial charge in [-0.1, -0.05) is 52.3 Å². The number of methoxy groups -OCH3 is 2. The lowest BCUT2D eigenvalue weighted by molar-refractivity contribution is 0.0549. The highest BCUT2D eigenvalue weighted by Gasteiger charge is 2.31. The molecule has 0 fully saturated rings. The number of rotatable bonds is 7. The standard InChI is InChI=1S/C26H21BrN2O5/c1-32-25(30)22-23(28-29(24(22)26(31)33-2)19-9-4-3-5-10-19)17-12-14-20(15-13-17)34-16-18-8-6-7-11-21(18)27/h3-15H,16H2,1-2H3. The van der Waals surface area contributed by atoms with Crippen LogP contribution in [0, 0.1) is 0 Å². The molecule has 0 aliphatic carbocycles. The van der Waals surface area contributed by atoms with Crippen molar-refractivity contribution in [3.63, 3.8) is 0 Å². The predicted octanol–water partition coefficient (Wildman–Crippen LogP) is 5.45. The van der Waals surface area contributed by atoms with Crippen LogP contribution in [0.4, 0.5) is 0 Å². The number of aromatic nitrogens is 2. The van der Waals surface area contributed by atoms with E-state index in [0.717, 1.165) is 10.0 Å². The molecule has 4 aromatic rings. The summed E-state index contributed by atoms with van der Waals surface area (Å²) in [4.78, 5) is 25.4. The van der Waals surface area contributed by atoms with Gasteiger partial charge in [0.15, 0.2) is 5.69 Å². The second kappa shape index (κ2) is 10.4. The Labute approximate surface area is 205 Å². The molecule has 0 amide bonds. The van der Waals surface area contributed by atoms with Gasteiger partial charge in [0, 0.05) is 15.6 Å². The van der Waals surface area contributed by atoms with E-state index in [1.54, 1.807) is 36.4 Å². The summed E-state index contributed by atoms with van der Waals surface area (Å²) in [6, 6.07) is 24.0. The van der Waals surface area contributed by atoms with Crippen LogP contribution in [-0.2, 0) is 16.1 Å². The quantitative estimate of drug-likeness (QED) is 0.301. The van der Waals surface area contributed by atoms with Crippen LogP contribution in [0.25, 0.3) is 16.9 Å². The van der Waals surface area contributed by atoms with E-state index in [0.29, 0.717) is 29.3 Å². The Morgan fingerprint density at radius 1 is 0.853 bits per heavy atom. The predicted molar refractivity (Wildman–Crippen MR) is 130 cm³/mol. The van der Waals surface area contributed by atoms with Crippen LogP contribution >= 0.6 is 15.9 Å². The Kier molecular flexibility index (Phi) is 7.08. The Morgan fingerprint density at radius 3 is 2.15 bits per heavy atom. The lowest BCUT2D eigenvalue weighted by atomic mass is 10.1. The number of nitrogens with zero attached hydrogens (tertiary/aromatic N) is 2. The van der Waals surface area contributed by atoms with Crippen molar-refractivity contribution >= 4 is 27.9 Å². The number of carbonyl (C=O) groups is 2. The van der Waals surface area contributed by atoms with Crippen molar-refractivity contribution in [2.24, 2.45) is 0 Å². The minimum atomic E-state index is -0.698. The van der Waals surface area contributed by atoms with E-state index in [2.05, 4.69) is 21.0 Å². The number of hydrogen-bond donors (Lipinski definition) is 0. The lowest BCUT2D eigenvalue weighted by Crippen LogP contribution is -2.15. The maximum absolute atomic E-state index is 12.7. The van der Waals surface area contributed by atoms with Crippen molar-refractivity contribution in [3.8, 4) is 22.7 Å². The molecule has 0 aliphatic heterocycles. The molecule has 0 unspecified atom stereocenters. The molecule has 4 rings (SSSR count). The first-order chi connectivity index (χ1) is 16.5. The Hall–Kier alpha value is -3.91. The first-order valence-electron chi connectivity index (χ1n) is 10.3. The van der Waals surface area contributed by atoms with Crippen molar-refractivity contribution in [2.45, 2.75) is 6.61 Å². The van der Waals surface area contributed by atoms with Crippen molar-refractivity contribution in [2.75, 3.05) is 14.2 Å².